The number of benzene rings is 1. The van der Waals surface area contributed by atoms with Gasteiger partial charge in [-0.3, -0.25) is 0 Å². The SMILES string of the molecule is CC1(C)OC(O)C(C(OCc2ccccc2)[C@H]2CC[C@H]2O)O1. The van der Waals surface area contributed by atoms with Gasteiger partial charge in [-0.25, -0.2) is 0 Å². The number of ether oxygens (including phenoxy) is 3. The summed E-state index contributed by atoms with van der Waals surface area (Å²) in [6.07, 6.45) is -0.778. The highest BCUT2D eigenvalue weighted by Gasteiger charge is 2.50. The minimum atomic E-state index is -1.04. The van der Waals surface area contributed by atoms with Crippen molar-refractivity contribution in [3.05, 3.63) is 35.9 Å². The van der Waals surface area contributed by atoms with Gasteiger partial charge >= 0.3 is 0 Å². The van der Waals surface area contributed by atoms with E-state index in [1.54, 1.807) is 13.8 Å². The molecule has 1 saturated carbocycles. The van der Waals surface area contributed by atoms with Crippen LogP contribution in [0.2, 0.25) is 0 Å². The highest BCUT2D eigenvalue weighted by Crippen LogP contribution is 2.39. The van der Waals surface area contributed by atoms with Crippen molar-refractivity contribution in [2.45, 2.75) is 63.7 Å². The van der Waals surface area contributed by atoms with Gasteiger partial charge in [0.1, 0.15) is 6.10 Å². The molecule has 1 heterocycles. The van der Waals surface area contributed by atoms with Gasteiger partial charge in [0.05, 0.1) is 18.8 Å². The van der Waals surface area contributed by atoms with Crippen LogP contribution in [0.3, 0.4) is 0 Å². The zero-order chi connectivity index (χ0) is 15.7. The van der Waals surface area contributed by atoms with E-state index in [1.165, 1.54) is 0 Å². The Morgan fingerprint density at radius 3 is 2.41 bits per heavy atom. The lowest BCUT2D eigenvalue weighted by molar-refractivity contribution is -0.182. The van der Waals surface area contributed by atoms with E-state index in [-0.39, 0.29) is 12.0 Å². The third-order valence-corrected chi connectivity index (χ3v) is 4.43. The second-order valence-electron chi connectivity index (χ2n) is 6.56. The Kier molecular flexibility index (Phi) is 4.52. The fourth-order valence-corrected chi connectivity index (χ4v) is 3.12. The van der Waals surface area contributed by atoms with Gasteiger partial charge in [-0.2, -0.15) is 0 Å². The molecule has 5 heteroatoms. The number of aliphatic hydroxyl groups is 2. The Bertz CT molecular complexity index is 489. The molecule has 1 aliphatic carbocycles. The molecule has 3 unspecified atom stereocenters. The van der Waals surface area contributed by atoms with Crippen molar-refractivity contribution in [1.82, 2.24) is 0 Å². The summed E-state index contributed by atoms with van der Waals surface area (Å²) < 4.78 is 17.3. The average Bonchev–Trinajstić information content (AvgIpc) is 2.75. The van der Waals surface area contributed by atoms with Crippen molar-refractivity contribution < 1.29 is 24.4 Å². The first-order valence-electron chi connectivity index (χ1n) is 7.83. The maximum atomic E-state index is 10.1. The summed E-state index contributed by atoms with van der Waals surface area (Å²) in [5.74, 6) is -0.867. The summed E-state index contributed by atoms with van der Waals surface area (Å²) >= 11 is 0. The van der Waals surface area contributed by atoms with Crippen LogP contribution >= 0.6 is 0 Å². The molecule has 2 fully saturated rings. The zero-order valence-corrected chi connectivity index (χ0v) is 13.0. The monoisotopic (exact) mass is 308 g/mol. The van der Waals surface area contributed by atoms with Gasteiger partial charge in [-0.1, -0.05) is 30.3 Å². The van der Waals surface area contributed by atoms with E-state index in [0.717, 1.165) is 18.4 Å². The third kappa shape index (κ3) is 3.34. The fraction of sp³-hybridized carbons (Fsp3) is 0.647. The van der Waals surface area contributed by atoms with Gasteiger partial charge in [0.15, 0.2) is 12.1 Å². The van der Waals surface area contributed by atoms with Crippen molar-refractivity contribution in [3.63, 3.8) is 0 Å². The number of rotatable bonds is 5. The van der Waals surface area contributed by atoms with Crippen LogP contribution in [0.1, 0.15) is 32.3 Å². The molecule has 0 amide bonds. The average molecular weight is 308 g/mol. The summed E-state index contributed by atoms with van der Waals surface area (Å²) in [6.45, 7) is 3.95. The number of hydrogen-bond acceptors (Lipinski definition) is 5. The molecular formula is C17H24O5. The fourth-order valence-electron chi connectivity index (χ4n) is 3.12. The first-order chi connectivity index (χ1) is 10.5. The van der Waals surface area contributed by atoms with Crippen LogP contribution in [0.4, 0.5) is 0 Å². The predicted molar refractivity (Wildman–Crippen MR) is 79.8 cm³/mol. The maximum absolute atomic E-state index is 10.1. The van der Waals surface area contributed by atoms with Crippen LogP contribution in [0.25, 0.3) is 0 Å². The quantitative estimate of drug-likeness (QED) is 0.868. The maximum Gasteiger partial charge on any atom is 0.187 e. The molecular weight excluding hydrogens is 284 g/mol. The van der Waals surface area contributed by atoms with E-state index in [4.69, 9.17) is 14.2 Å². The van der Waals surface area contributed by atoms with Crippen molar-refractivity contribution in [2.75, 3.05) is 0 Å². The molecule has 0 spiro atoms. The molecule has 2 aliphatic rings. The van der Waals surface area contributed by atoms with Gasteiger partial charge in [0.2, 0.25) is 0 Å². The predicted octanol–water partition coefficient (Wildman–Crippen LogP) is 1.81. The molecule has 0 bridgehead atoms. The number of aliphatic hydroxyl groups excluding tert-OH is 2. The standard InChI is InChI=1S/C17H24O5/c1-17(2)21-15(16(19)22-17)14(12-8-9-13(12)18)20-10-11-6-4-3-5-7-11/h3-7,12-16,18-19H,8-10H2,1-2H3/t12-,13+,14?,15?,16?/m0/s1. The summed E-state index contributed by atoms with van der Waals surface area (Å²) in [7, 11) is 0. The molecule has 1 aromatic carbocycles. The lowest BCUT2D eigenvalue weighted by atomic mass is 9.76. The highest BCUT2D eigenvalue weighted by molar-refractivity contribution is 5.13. The highest BCUT2D eigenvalue weighted by atomic mass is 16.8. The first-order valence-corrected chi connectivity index (χ1v) is 7.83. The summed E-state index contributed by atoms with van der Waals surface area (Å²) in [5.41, 5.74) is 1.05. The smallest absolute Gasteiger partial charge is 0.187 e. The lowest BCUT2D eigenvalue weighted by Crippen LogP contribution is -2.50. The minimum absolute atomic E-state index is 0.0270. The zero-order valence-electron chi connectivity index (χ0n) is 13.0. The molecule has 5 nitrogen and oxygen atoms in total. The van der Waals surface area contributed by atoms with Crippen LogP contribution in [-0.2, 0) is 20.8 Å². The van der Waals surface area contributed by atoms with Crippen molar-refractivity contribution in [1.29, 1.82) is 0 Å². The summed E-state index contributed by atoms with van der Waals surface area (Å²) in [6, 6.07) is 9.84. The van der Waals surface area contributed by atoms with E-state index in [1.807, 2.05) is 30.3 Å². The largest absolute Gasteiger partial charge is 0.393 e. The van der Waals surface area contributed by atoms with E-state index in [2.05, 4.69) is 0 Å². The molecule has 1 aliphatic heterocycles. The van der Waals surface area contributed by atoms with Crippen LogP contribution < -0.4 is 0 Å². The third-order valence-electron chi connectivity index (χ3n) is 4.43. The Morgan fingerprint density at radius 2 is 1.91 bits per heavy atom. The topological polar surface area (TPSA) is 68.2 Å². The van der Waals surface area contributed by atoms with E-state index in [0.29, 0.717) is 6.61 Å². The Labute approximate surface area is 130 Å². The summed E-state index contributed by atoms with van der Waals surface area (Å²) in [5, 5.41) is 20.1. The molecule has 5 atom stereocenters. The second kappa shape index (κ2) is 6.26. The first kappa shape index (κ1) is 15.9. The van der Waals surface area contributed by atoms with Gasteiger partial charge in [0, 0.05) is 5.92 Å². The van der Waals surface area contributed by atoms with E-state index >= 15 is 0 Å². The van der Waals surface area contributed by atoms with Crippen molar-refractivity contribution >= 4 is 0 Å². The van der Waals surface area contributed by atoms with Crippen LogP contribution in [0, 0.1) is 5.92 Å². The van der Waals surface area contributed by atoms with Crippen molar-refractivity contribution in [2.24, 2.45) is 5.92 Å². The molecule has 22 heavy (non-hydrogen) atoms. The van der Waals surface area contributed by atoms with Crippen LogP contribution in [-0.4, -0.2) is 40.6 Å². The van der Waals surface area contributed by atoms with Crippen LogP contribution in [0.5, 0.6) is 0 Å². The molecule has 3 rings (SSSR count). The minimum Gasteiger partial charge on any atom is -0.393 e. The van der Waals surface area contributed by atoms with Gasteiger partial charge < -0.3 is 24.4 Å². The Balaban J connectivity index is 1.70. The molecule has 122 valence electrons. The van der Waals surface area contributed by atoms with Crippen molar-refractivity contribution in [3.8, 4) is 0 Å². The lowest BCUT2D eigenvalue weighted by Gasteiger charge is -2.41. The summed E-state index contributed by atoms with van der Waals surface area (Å²) in [4.78, 5) is 0. The van der Waals surface area contributed by atoms with Crippen LogP contribution in [0.15, 0.2) is 30.3 Å². The second-order valence-corrected chi connectivity index (χ2v) is 6.56. The number of hydrogen-bond donors (Lipinski definition) is 2. The molecule has 0 radical (unpaired) electrons. The van der Waals surface area contributed by atoms with E-state index < -0.39 is 24.3 Å². The van der Waals surface area contributed by atoms with Gasteiger partial charge in [-0.15, -0.1) is 0 Å². The molecule has 1 aromatic rings. The van der Waals surface area contributed by atoms with Gasteiger partial charge in [-0.05, 0) is 32.3 Å². The molecule has 2 N–H and O–H groups in total. The Morgan fingerprint density at radius 1 is 1.18 bits per heavy atom. The van der Waals surface area contributed by atoms with E-state index in [9.17, 15) is 10.2 Å². The Hall–Kier alpha value is -0.980. The van der Waals surface area contributed by atoms with Gasteiger partial charge in [0.25, 0.3) is 0 Å². The normalized spacial score (nSPS) is 35.1. The molecule has 1 saturated heterocycles. The molecule has 0 aromatic heterocycles.